The van der Waals surface area contributed by atoms with Gasteiger partial charge in [-0.15, -0.1) is 0 Å². The van der Waals surface area contributed by atoms with E-state index < -0.39 is 6.10 Å². The van der Waals surface area contributed by atoms with Crippen LogP contribution < -0.4 is 10.1 Å². The minimum atomic E-state index is -0.407. The minimum Gasteiger partial charge on any atom is -0.491 e. The van der Waals surface area contributed by atoms with Crippen LogP contribution in [0.5, 0.6) is 5.75 Å². The molecule has 2 unspecified atom stereocenters. The molecule has 2 N–H and O–H groups in total. The van der Waals surface area contributed by atoms with Crippen LogP contribution >= 0.6 is 15.9 Å². The summed E-state index contributed by atoms with van der Waals surface area (Å²) in [7, 11) is 0. The summed E-state index contributed by atoms with van der Waals surface area (Å²) in [6, 6.07) is 6.17. The van der Waals surface area contributed by atoms with Gasteiger partial charge in [-0.1, -0.05) is 29.8 Å². The Hall–Kier alpha value is -0.580. The molecule has 3 nitrogen and oxygen atoms in total. The van der Waals surface area contributed by atoms with Gasteiger partial charge < -0.3 is 15.2 Å². The molecule has 0 heterocycles. The van der Waals surface area contributed by atoms with Gasteiger partial charge in [0.05, 0.1) is 6.10 Å². The zero-order valence-electron chi connectivity index (χ0n) is 11.2. The fourth-order valence-corrected chi connectivity index (χ4v) is 2.09. The highest BCUT2D eigenvalue weighted by molar-refractivity contribution is 9.10. The van der Waals surface area contributed by atoms with Crippen LogP contribution in [-0.4, -0.2) is 24.4 Å². The molecule has 2 atom stereocenters. The average Bonchev–Trinajstić information content (AvgIpc) is 2.37. The lowest BCUT2D eigenvalue weighted by atomic mass is 10.1. The van der Waals surface area contributed by atoms with Crippen LogP contribution in [0.1, 0.15) is 38.8 Å². The third-order valence-corrected chi connectivity index (χ3v) is 3.34. The third-order valence-electron chi connectivity index (χ3n) is 2.85. The van der Waals surface area contributed by atoms with Gasteiger partial charge in [0.1, 0.15) is 12.4 Å². The van der Waals surface area contributed by atoms with E-state index in [1.54, 1.807) is 0 Å². The van der Waals surface area contributed by atoms with Crippen molar-refractivity contribution in [2.45, 2.75) is 39.3 Å². The predicted molar refractivity (Wildman–Crippen MR) is 78.0 cm³/mol. The molecule has 102 valence electrons. The molecular weight excluding hydrogens is 294 g/mol. The topological polar surface area (TPSA) is 41.5 Å². The van der Waals surface area contributed by atoms with E-state index in [-0.39, 0.29) is 6.04 Å². The standard InChI is InChI=1S/C14H22BrNO2/c1-4-12(17)9-18-14-7-6-11(15)8-13(14)10(3)16-5-2/h6-8,10,12,16-17H,4-5,9H2,1-3H3. The van der Waals surface area contributed by atoms with Crippen molar-refractivity contribution in [1.82, 2.24) is 5.32 Å². The number of ether oxygens (including phenoxy) is 1. The molecule has 0 aliphatic carbocycles. The van der Waals surface area contributed by atoms with E-state index in [0.717, 1.165) is 22.3 Å². The van der Waals surface area contributed by atoms with Gasteiger partial charge in [-0.3, -0.25) is 0 Å². The molecule has 0 radical (unpaired) electrons. The maximum atomic E-state index is 9.56. The lowest BCUT2D eigenvalue weighted by Crippen LogP contribution is -2.20. The SMILES string of the molecule is CCNC(C)c1cc(Br)ccc1OCC(O)CC. The zero-order valence-corrected chi connectivity index (χ0v) is 12.8. The Bertz CT molecular complexity index is 371. The van der Waals surface area contributed by atoms with Gasteiger partial charge >= 0.3 is 0 Å². The summed E-state index contributed by atoms with van der Waals surface area (Å²) in [6.07, 6.45) is 0.296. The van der Waals surface area contributed by atoms with E-state index >= 15 is 0 Å². The molecule has 0 aromatic heterocycles. The van der Waals surface area contributed by atoms with Crippen molar-refractivity contribution in [1.29, 1.82) is 0 Å². The molecule has 0 aliphatic heterocycles. The molecule has 18 heavy (non-hydrogen) atoms. The summed E-state index contributed by atoms with van der Waals surface area (Å²) in [4.78, 5) is 0. The van der Waals surface area contributed by atoms with Crippen molar-refractivity contribution < 1.29 is 9.84 Å². The summed E-state index contributed by atoms with van der Waals surface area (Å²) in [5, 5.41) is 12.9. The Balaban J connectivity index is 2.82. The lowest BCUT2D eigenvalue weighted by Gasteiger charge is -2.19. The van der Waals surface area contributed by atoms with Crippen molar-refractivity contribution in [2.24, 2.45) is 0 Å². The number of hydrogen-bond acceptors (Lipinski definition) is 3. The first-order valence-electron chi connectivity index (χ1n) is 6.42. The van der Waals surface area contributed by atoms with Crippen LogP contribution in [-0.2, 0) is 0 Å². The Morgan fingerprint density at radius 2 is 2.11 bits per heavy atom. The smallest absolute Gasteiger partial charge is 0.124 e. The zero-order chi connectivity index (χ0) is 13.5. The second kappa shape index (κ2) is 7.77. The van der Waals surface area contributed by atoms with E-state index in [4.69, 9.17) is 4.74 Å². The Morgan fingerprint density at radius 3 is 2.72 bits per heavy atom. The molecular formula is C14H22BrNO2. The summed E-state index contributed by atoms with van der Waals surface area (Å²) < 4.78 is 6.73. The highest BCUT2D eigenvalue weighted by Gasteiger charge is 2.12. The number of halogens is 1. The second-order valence-corrected chi connectivity index (χ2v) is 5.25. The summed E-state index contributed by atoms with van der Waals surface area (Å²) in [5.74, 6) is 0.833. The number of benzene rings is 1. The number of hydrogen-bond donors (Lipinski definition) is 2. The Labute approximate surface area is 118 Å². The average molecular weight is 316 g/mol. The van der Waals surface area contributed by atoms with E-state index in [9.17, 15) is 5.11 Å². The first kappa shape index (κ1) is 15.5. The number of rotatable bonds is 7. The van der Waals surface area contributed by atoms with Gasteiger partial charge in [0, 0.05) is 16.1 Å². The van der Waals surface area contributed by atoms with Gasteiger partial charge in [0.15, 0.2) is 0 Å². The fourth-order valence-electron chi connectivity index (χ4n) is 1.71. The van der Waals surface area contributed by atoms with Crippen molar-refractivity contribution in [3.63, 3.8) is 0 Å². The number of aliphatic hydroxyl groups is 1. The van der Waals surface area contributed by atoms with Crippen molar-refractivity contribution in [2.75, 3.05) is 13.2 Å². The molecule has 0 bridgehead atoms. The van der Waals surface area contributed by atoms with E-state index in [2.05, 4.69) is 41.2 Å². The second-order valence-electron chi connectivity index (χ2n) is 4.33. The Morgan fingerprint density at radius 1 is 1.39 bits per heavy atom. The van der Waals surface area contributed by atoms with E-state index in [1.807, 2.05) is 19.1 Å². The highest BCUT2D eigenvalue weighted by Crippen LogP contribution is 2.28. The summed E-state index contributed by atoms with van der Waals surface area (Å²) in [5.41, 5.74) is 1.11. The Kier molecular flexibility index (Phi) is 6.68. The monoisotopic (exact) mass is 315 g/mol. The van der Waals surface area contributed by atoms with Crippen LogP contribution in [0.3, 0.4) is 0 Å². The van der Waals surface area contributed by atoms with Crippen LogP contribution in [0.15, 0.2) is 22.7 Å². The maximum absolute atomic E-state index is 9.56. The lowest BCUT2D eigenvalue weighted by molar-refractivity contribution is 0.103. The highest BCUT2D eigenvalue weighted by atomic mass is 79.9. The summed E-state index contributed by atoms with van der Waals surface area (Å²) in [6.45, 7) is 7.37. The van der Waals surface area contributed by atoms with Gasteiger partial charge in [-0.05, 0) is 38.1 Å². The van der Waals surface area contributed by atoms with Crippen LogP contribution in [0.4, 0.5) is 0 Å². The molecule has 1 aromatic rings. The summed E-state index contributed by atoms with van der Waals surface area (Å²) >= 11 is 3.48. The molecule has 0 aliphatic rings. The maximum Gasteiger partial charge on any atom is 0.124 e. The van der Waals surface area contributed by atoms with Gasteiger partial charge in [-0.2, -0.15) is 0 Å². The molecule has 1 rings (SSSR count). The van der Waals surface area contributed by atoms with E-state index in [1.165, 1.54) is 0 Å². The molecule has 0 spiro atoms. The molecule has 1 aromatic carbocycles. The van der Waals surface area contributed by atoms with Crippen LogP contribution in [0.25, 0.3) is 0 Å². The van der Waals surface area contributed by atoms with Crippen molar-refractivity contribution in [3.8, 4) is 5.75 Å². The molecule has 0 amide bonds. The third kappa shape index (κ3) is 4.59. The minimum absolute atomic E-state index is 0.223. The normalized spacial score (nSPS) is 14.3. The molecule has 4 heteroatoms. The van der Waals surface area contributed by atoms with Gasteiger partial charge in [0.2, 0.25) is 0 Å². The fraction of sp³-hybridized carbons (Fsp3) is 0.571. The first-order valence-corrected chi connectivity index (χ1v) is 7.21. The van der Waals surface area contributed by atoms with Gasteiger partial charge in [-0.25, -0.2) is 0 Å². The quantitative estimate of drug-likeness (QED) is 0.811. The first-order chi connectivity index (χ1) is 8.58. The van der Waals surface area contributed by atoms with Crippen LogP contribution in [0, 0.1) is 0 Å². The van der Waals surface area contributed by atoms with Crippen molar-refractivity contribution in [3.05, 3.63) is 28.2 Å². The predicted octanol–water partition coefficient (Wildman–Crippen LogP) is 3.27. The molecule has 0 saturated carbocycles. The molecule has 0 saturated heterocycles. The van der Waals surface area contributed by atoms with Crippen LogP contribution in [0.2, 0.25) is 0 Å². The molecule has 0 fully saturated rings. The van der Waals surface area contributed by atoms with Gasteiger partial charge in [0.25, 0.3) is 0 Å². The number of nitrogens with one attached hydrogen (secondary N) is 1. The number of aliphatic hydroxyl groups excluding tert-OH is 1. The van der Waals surface area contributed by atoms with E-state index in [0.29, 0.717) is 13.0 Å². The largest absolute Gasteiger partial charge is 0.491 e. The van der Waals surface area contributed by atoms with Crippen molar-refractivity contribution >= 4 is 15.9 Å².